The number of allylic oxidation sites excluding steroid dienone is 2. The number of fused-ring (bicyclic) bond motifs is 1. The van der Waals surface area contributed by atoms with Crippen molar-refractivity contribution in [1.29, 1.82) is 0 Å². The first-order chi connectivity index (χ1) is 12.1. The van der Waals surface area contributed by atoms with E-state index < -0.39 is 17.4 Å². The summed E-state index contributed by atoms with van der Waals surface area (Å²) in [5.41, 5.74) is -0.0294. The second-order valence-electron chi connectivity index (χ2n) is 5.89. The Balaban J connectivity index is 1.81. The number of nitrogens with one attached hydrogen (secondary N) is 1. The first-order valence-corrected chi connectivity index (χ1v) is 7.90. The number of dihydropyridines is 1. The Hall–Kier alpha value is -2.38. The van der Waals surface area contributed by atoms with Crippen LogP contribution in [0.2, 0.25) is 0 Å². The Labute approximate surface area is 144 Å². The van der Waals surface area contributed by atoms with Gasteiger partial charge >= 0.3 is 0 Å². The highest BCUT2D eigenvalue weighted by atomic mass is 19.2. The zero-order valence-electron chi connectivity index (χ0n) is 14.0. The molecule has 0 radical (unpaired) electrons. The predicted molar refractivity (Wildman–Crippen MR) is 89.4 cm³/mol. The topological polar surface area (TPSA) is 56.3 Å². The summed E-state index contributed by atoms with van der Waals surface area (Å²) in [5.74, 6) is -1.91. The van der Waals surface area contributed by atoms with E-state index in [0.29, 0.717) is 12.3 Å². The molecule has 0 saturated carbocycles. The fourth-order valence-corrected chi connectivity index (χ4v) is 2.72. The molecule has 2 unspecified atom stereocenters. The summed E-state index contributed by atoms with van der Waals surface area (Å²) >= 11 is 0. The van der Waals surface area contributed by atoms with Crippen LogP contribution in [0, 0.1) is 17.6 Å². The summed E-state index contributed by atoms with van der Waals surface area (Å²) in [7, 11) is 1.63. The van der Waals surface area contributed by atoms with Crippen molar-refractivity contribution in [3.8, 4) is 0 Å². The van der Waals surface area contributed by atoms with Crippen LogP contribution in [0.4, 0.5) is 8.78 Å². The number of hydrogen-bond acceptors (Lipinski definition) is 5. The fraction of sp³-hybridized carbons (Fsp3) is 0.333. The van der Waals surface area contributed by atoms with Gasteiger partial charge in [-0.3, -0.25) is 0 Å². The van der Waals surface area contributed by atoms with E-state index in [0.717, 1.165) is 6.07 Å². The minimum absolute atomic E-state index is 0.0265. The lowest BCUT2D eigenvalue weighted by molar-refractivity contribution is -0.0896. The molecule has 0 aliphatic carbocycles. The lowest BCUT2D eigenvalue weighted by atomic mass is 9.96. The van der Waals surface area contributed by atoms with Gasteiger partial charge in [0.1, 0.15) is 5.52 Å². The van der Waals surface area contributed by atoms with Crippen molar-refractivity contribution in [1.82, 2.24) is 15.3 Å². The lowest BCUT2D eigenvalue weighted by Gasteiger charge is -2.37. The van der Waals surface area contributed by atoms with Gasteiger partial charge in [0.2, 0.25) is 0 Å². The maximum atomic E-state index is 13.7. The van der Waals surface area contributed by atoms with Gasteiger partial charge in [-0.2, -0.15) is 0 Å². The molecule has 1 aliphatic rings. The van der Waals surface area contributed by atoms with Gasteiger partial charge in [-0.1, -0.05) is 13.0 Å². The van der Waals surface area contributed by atoms with Gasteiger partial charge in [0.15, 0.2) is 17.4 Å². The third-order valence-electron chi connectivity index (χ3n) is 4.12. The smallest absolute Gasteiger partial charge is 0.186 e. The van der Waals surface area contributed by atoms with Gasteiger partial charge in [0, 0.05) is 13.0 Å². The van der Waals surface area contributed by atoms with Crippen LogP contribution in [0.25, 0.3) is 11.0 Å². The first kappa shape index (κ1) is 17.4. The normalized spacial score (nSPS) is 20.6. The summed E-state index contributed by atoms with van der Waals surface area (Å²) < 4.78 is 38.3. The van der Waals surface area contributed by atoms with Gasteiger partial charge in [-0.15, -0.1) is 0 Å². The lowest BCUT2D eigenvalue weighted by Crippen LogP contribution is -2.51. The molecule has 2 heterocycles. The van der Waals surface area contributed by atoms with Crippen molar-refractivity contribution < 1.29 is 18.3 Å². The molecule has 1 aromatic carbocycles. The highest BCUT2D eigenvalue weighted by Crippen LogP contribution is 2.25. The molecule has 5 nitrogen and oxygen atoms in total. The van der Waals surface area contributed by atoms with Crippen molar-refractivity contribution in [3.05, 3.63) is 60.1 Å². The van der Waals surface area contributed by atoms with Crippen LogP contribution >= 0.6 is 0 Å². The van der Waals surface area contributed by atoms with Crippen molar-refractivity contribution in [3.63, 3.8) is 0 Å². The van der Waals surface area contributed by atoms with Crippen LogP contribution in [-0.2, 0) is 16.1 Å². The number of hydrogen-bond donors (Lipinski definition) is 1. The average Bonchev–Trinajstić information content (AvgIpc) is 2.64. The van der Waals surface area contributed by atoms with Crippen LogP contribution in [-0.4, -0.2) is 29.4 Å². The Bertz CT molecular complexity index is 825. The van der Waals surface area contributed by atoms with Gasteiger partial charge in [0.05, 0.1) is 30.6 Å². The molecular weight excluding hydrogens is 328 g/mol. The molecule has 2 atom stereocenters. The minimum Gasteiger partial charge on any atom is -0.384 e. The third kappa shape index (κ3) is 3.52. The molecule has 3 rings (SSSR count). The van der Waals surface area contributed by atoms with Crippen LogP contribution in [0.5, 0.6) is 0 Å². The summed E-state index contributed by atoms with van der Waals surface area (Å²) in [5, 5.41) is 3.21. The van der Waals surface area contributed by atoms with Crippen molar-refractivity contribution in [2.24, 2.45) is 5.92 Å². The number of ether oxygens (including phenoxy) is 2. The molecule has 0 saturated heterocycles. The van der Waals surface area contributed by atoms with E-state index in [1.165, 1.54) is 12.3 Å². The van der Waals surface area contributed by atoms with E-state index in [1.807, 2.05) is 25.2 Å². The van der Waals surface area contributed by atoms with Crippen molar-refractivity contribution in [2.45, 2.75) is 19.3 Å². The van der Waals surface area contributed by atoms with Gasteiger partial charge in [0.25, 0.3) is 0 Å². The molecule has 0 fully saturated rings. The van der Waals surface area contributed by atoms with E-state index in [9.17, 15) is 8.78 Å². The molecule has 0 amide bonds. The largest absolute Gasteiger partial charge is 0.384 e. The minimum atomic E-state index is -0.996. The number of methoxy groups -OCH3 is 1. The Morgan fingerprint density at radius 1 is 1.28 bits per heavy atom. The number of benzene rings is 1. The second-order valence-corrected chi connectivity index (χ2v) is 5.89. The summed E-state index contributed by atoms with van der Waals surface area (Å²) in [6, 6.07) is 2.43. The zero-order valence-corrected chi connectivity index (χ0v) is 14.0. The Morgan fingerprint density at radius 3 is 2.84 bits per heavy atom. The SMILES string of the molecule is COCC(C)C1(OCc2cnc3c(F)c(F)ccc3n2)C=CC=CN1. The molecule has 0 spiro atoms. The molecule has 0 bridgehead atoms. The van der Waals surface area contributed by atoms with Crippen LogP contribution in [0.1, 0.15) is 12.6 Å². The summed E-state index contributed by atoms with van der Waals surface area (Å²) in [6.07, 6.45) is 8.87. The van der Waals surface area contributed by atoms with E-state index in [2.05, 4.69) is 15.3 Å². The summed E-state index contributed by atoms with van der Waals surface area (Å²) in [4.78, 5) is 8.28. The van der Waals surface area contributed by atoms with Gasteiger partial charge < -0.3 is 14.8 Å². The maximum Gasteiger partial charge on any atom is 0.186 e. The van der Waals surface area contributed by atoms with Crippen molar-refractivity contribution in [2.75, 3.05) is 13.7 Å². The average molecular weight is 347 g/mol. The van der Waals surface area contributed by atoms with Crippen molar-refractivity contribution >= 4 is 11.0 Å². The molecule has 132 valence electrons. The van der Waals surface area contributed by atoms with E-state index in [-0.39, 0.29) is 23.6 Å². The number of rotatable bonds is 6. The predicted octanol–water partition coefficient (Wildman–Crippen LogP) is 3.08. The van der Waals surface area contributed by atoms with Crippen LogP contribution < -0.4 is 5.32 Å². The highest BCUT2D eigenvalue weighted by Gasteiger charge is 2.35. The quantitative estimate of drug-likeness (QED) is 0.870. The van der Waals surface area contributed by atoms with E-state index in [4.69, 9.17) is 9.47 Å². The number of nitrogens with zero attached hydrogens (tertiary/aromatic N) is 2. The molecule has 7 heteroatoms. The molecule has 1 N–H and O–H groups in total. The Morgan fingerprint density at radius 2 is 2.12 bits per heavy atom. The molecule has 2 aromatic rings. The highest BCUT2D eigenvalue weighted by molar-refractivity contribution is 5.74. The fourth-order valence-electron chi connectivity index (χ4n) is 2.72. The van der Waals surface area contributed by atoms with Crippen LogP contribution in [0.15, 0.2) is 42.8 Å². The maximum absolute atomic E-state index is 13.7. The molecular formula is C18H19F2N3O2. The molecule has 1 aromatic heterocycles. The molecule has 1 aliphatic heterocycles. The first-order valence-electron chi connectivity index (χ1n) is 7.90. The third-order valence-corrected chi connectivity index (χ3v) is 4.12. The standard InChI is InChI=1S/C18H19F2N3O2/c1-12(10-24-2)18(7-3-4-8-22-18)25-11-13-9-21-17-15(23-13)6-5-14(19)16(17)20/h3-9,12,22H,10-11H2,1-2H3. The second kappa shape index (κ2) is 7.25. The van der Waals surface area contributed by atoms with Gasteiger partial charge in [-0.05, 0) is 30.5 Å². The van der Waals surface area contributed by atoms with Crippen LogP contribution in [0.3, 0.4) is 0 Å². The monoisotopic (exact) mass is 347 g/mol. The summed E-state index contributed by atoms with van der Waals surface area (Å²) in [6.45, 7) is 2.66. The number of halogens is 2. The Kier molecular flexibility index (Phi) is 5.06. The zero-order chi connectivity index (χ0) is 17.9. The molecule has 25 heavy (non-hydrogen) atoms. The van der Waals surface area contributed by atoms with Gasteiger partial charge in [-0.25, -0.2) is 18.7 Å². The van der Waals surface area contributed by atoms with E-state index in [1.54, 1.807) is 13.3 Å². The van der Waals surface area contributed by atoms with E-state index >= 15 is 0 Å². The number of aromatic nitrogens is 2.